The second-order valence-corrected chi connectivity index (χ2v) is 6.72. The van der Waals surface area contributed by atoms with Crippen LogP contribution in [0.15, 0.2) is 0 Å². The van der Waals surface area contributed by atoms with E-state index in [0.29, 0.717) is 17.9 Å². The van der Waals surface area contributed by atoms with Crippen LogP contribution in [0.4, 0.5) is 0 Å². The molecule has 0 radical (unpaired) electrons. The Morgan fingerprint density at radius 1 is 1.31 bits per heavy atom. The molecule has 2 heterocycles. The molecular formula is C12H21NO2S. The summed E-state index contributed by atoms with van der Waals surface area (Å²) in [6, 6.07) is 0.905. The third-order valence-corrected chi connectivity index (χ3v) is 5.12. The molecular weight excluding hydrogens is 222 g/mol. The number of Topliss-reactive ketones (excluding diaryl/α,β-unsaturated/α-hetero) is 1. The third kappa shape index (κ3) is 2.72. The minimum absolute atomic E-state index is 0.433. The van der Waals surface area contributed by atoms with Crippen LogP contribution in [-0.4, -0.2) is 45.0 Å². The van der Waals surface area contributed by atoms with Gasteiger partial charge in [0.15, 0.2) is 0 Å². The lowest BCUT2D eigenvalue weighted by atomic mass is 9.84. The lowest BCUT2D eigenvalue weighted by molar-refractivity contribution is -0.126. The van der Waals surface area contributed by atoms with Crippen LogP contribution in [0.25, 0.3) is 0 Å². The van der Waals surface area contributed by atoms with Crippen molar-refractivity contribution >= 4 is 16.6 Å². The molecule has 0 aromatic rings. The zero-order chi connectivity index (χ0) is 11.5. The van der Waals surface area contributed by atoms with E-state index in [2.05, 4.69) is 4.90 Å². The topological polar surface area (TPSA) is 37.4 Å². The molecule has 3 atom stereocenters. The maximum Gasteiger partial charge on any atom is 0.136 e. The summed E-state index contributed by atoms with van der Waals surface area (Å²) in [6.07, 6.45) is 5.03. The number of rotatable bonds is 4. The highest BCUT2D eigenvalue weighted by atomic mass is 32.2. The molecule has 4 heteroatoms. The van der Waals surface area contributed by atoms with Crippen molar-refractivity contribution in [2.24, 2.45) is 0 Å². The van der Waals surface area contributed by atoms with Crippen LogP contribution in [0.5, 0.6) is 0 Å². The van der Waals surface area contributed by atoms with Crippen molar-refractivity contribution in [3.8, 4) is 0 Å². The van der Waals surface area contributed by atoms with Crippen LogP contribution >= 0.6 is 0 Å². The zero-order valence-corrected chi connectivity index (χ0v) is 10.8. The van der Waals surface area contributed by atoms with E-state index in [9.17, 15) is 9.00 Å². The Bertz CT molecular complexity index is 277. The van der Waals surface area contributed by atoms with E-state index in [4.69, 9.17) is 0 Å². The van der Waals surface area contributed by atoms with Gasteiger partial charge in [0.05, 0.1) is 0 Å². The summed E-state index contributed by atoms with van der Waals surface area (Å²) < 4.78 is 11.5. The van der Waals surface area contributed by atoms with Gasteiger partial charge in [-0.1, -0.05) is 13.3 Å². The van der Waals surface area contributed by atoms with Crippen molar-refractivity contribution in [1.29, 1.82) is 0 Å². The average Bonchev–Trinajstić information content (AvgIpc) is 2.25. The second-order valence-electron chi connectivity index (χ2n) is 4.86. The fraction of sp³-hybridized carbons (Fsp3) is 0.917. The quantitative estimate of drug-likeness (QED) is 0.748. The minimum Gasteiger partial charge on any atom is -0.300 e. The monoisotopic (exact) mass is 243 g/mol. The smallest absolute Gasteiger partial charge is 0.136 e. The van der Waals surface area contributed by atoms with Gasteiger partial charge in [0.2, 0.25) is 0 Å². The van der Waals surface area contributed by atoms with Crippen molar-refractivity contribution in [3.05, 3.63) is 0 Å². The van der Waals surface area contributed by atoms with Crippen molar-refractivity contribution in [2.75, 3.05) is 18.1 Å². The molecule has 0 saturated carbocycles. The van der Waals surface area contributed by atoms with Crippen molar-refractivity contribution in [3.63, 3.8) is 0 Å². The van der Waals surface area contributed by atoms with E-state index < -0.39 is 10.8 Å². The number of fused-ring (bicyclic) bond motifs is 2. The van der Waals surface area contributed by atoms with E-state index in [1.165, 1.54) is 6.42 Å². The molecule has 2 rings (SSSR count). The Balaban J connectivity index is 1.93. The largest absolute Gasteiger partial charge is 0.300 e. The molecule has 2 saturated heterocycles. The maximum absolute atomic E-state index is 11.5. The first-order valence-electron chi connectivity index (χ1n) is 6.33. The Kier molecular flexibility index (Phi) is 4.14. The minimum atomic E-state index is -0.672. The molecule has 0 aromatic carbocycles. The fourth-order valence-corrected chi connectivity index (χ4v) is 3.69. The average molecular weight is 243 g/mol. The first kappa shape index (κ1) is 12.2. The van der Waals surface area contributed by atoms with E-state index in [-0.39, 0.29) is 0 Å². The number of carbonyl (C=O) groups excluding carboxylic acids is 1. The van der Waals surface area contributed by atoms with E-state index in [1.807, 2.05) is 6.92 Å². The lowest BCUT2D eigenvalue weighted by Gasteiger charge is -2.45. The molecule has 16 heavy (non-hydrogen) atoms. The van der Waals surface area contributed by atoms with Gasteiger partial charge in [-0.25, -0.2) is 0 Å². The van der Waals surface area contributed by atoms with Gasteiger partial charge < -0.3 is 0 Å². The van der Waals surface area contributed by atoms with Gasteiger partial charge in [-0.15, -0.1) is 0 Å². The van der Waals surface area contributed by atoms with Gasteiger partial charge >= 0.3 is 0 Å². The molecule has 0 spiro atoms. The summed E-state index contributed by atoms with van der Waals surface area (Å²) in [6.45, 7) is 2.89. The number of hydrogen-bond acceptors (Lipinski definition) is 3. The lowest BCUT2D eigenvalue weighted by Crippen LogP contribution is -2.53. The van der Waals surface area contributed by atoms with Gasteiger partial charge in [0, 0.05) is 53.8 Å². The summed E-state index contributed by atoms with van der Waals surface area (Å²) in [5.41, 5.74) is 0. The number of piperidine rings is 2. The molecule has 0 aliphatic carbocycles. The summed E-state index contributed by atoms with van der Waals surface area (Å²) in [4.78, 5) is 14.0. The highest BCUT2D eigenvalue weighted by molar-refractivity contribution is 7.84. The molecule has 2 fully saturated rings. The second kappa shape index (κ2) is 5.41. The summed E-state index contributed by atoms with van der Waals surface area (Å²) in [5.74, 6) is 1.96. The van der Waals surface area contributed by atoms with Crippen molar-refractivity contribution in [2.45, 2.75) is 51.1 Å². The standard InChI is InChI=1S/C12H21NO2S/c1-2-16(15)7-6-13-10-4-3-5-11(13)9-12(14)8-10/h10-11H,2-9H2,1H3. The third-order valence-electron chi connectivity index (χ3n) is 3.84. The molecule has 0 aromatic heterocycles. The molecule has 2 aliphatic rings. The molecule has 92 valence electrons. The summed E-state index contributed by atoms with van der Waals surface area (Å²) in [5, 5.41) is 0. The number of carbonyl (C=O) groups is 1. The SMILES string of the molecule is CCS(=O)CCN1C2CCCC1CC(=O)C2. The van der Waals surface area contributed by atoms with Gasteiger partial charge in [-0.3, -0.25) is 13.9 Å². The van der Waals surface area contributed by atoms with Crippen LogP contribution in [0.3, 0.4) is 0 Å². The number of ketones is 1. The first-order chi connectivity index (χ1) is 7.70. The maximum atomic E-state index is 11.5. The molecule has 3 unspecified atom stereocenters. The normalized spacial score (nSPS) is 32.7. The summed E-state index contributed by atoms with van der Waals surface area (Å²) >= 11 is 0. The number of nitrogens with zero attached hydrogens (tertiary/aromatic N) is 1. The van der Waals surface area contributed by atoms with Crippen LogP contribution in [0.2, 0.25) is 0 Å². The van der Waals surface area contributed by atoms with Crippen molar-refractivity contribution < 1.29 is 9.00 Å². The highest BCUT2D eigenvalue weighted by Crippen LogP contribution is 2.31. The van der Waals surface area contributed by atoms with E-state index in [0.717, 1.165) is 43.7 Å². The number of hydrogen-bond donors (Lipinski definition) is 0. The van der Waals surface area contributed by atoms with Gasteiger partial charge in [-0.2, -0.15) is 0 Å². The van der Waals surface area contributed by atoms with E-state index >= 15 is 0 Å². The van der Waals surface area contributed by atoms with Gasteiger partial charge in [0.1, 0.15) is 5.78 Å². The Morgan fingerprint density at radius 2 is 1.94 bits per heavy atom. The molecule has 2 bridgehead atoms. The van der Waals surface area contributed by atoms with Crippen LogP contribution < -0.4 is 0 Å². The molecule has 0 amide bonds. The Labute approximate surface area is 100 Å². The van der Waals surface area contributed by atoms with Crippen LogP contribution in [0, 0.1) is 0 Å². The fourth-order valence-electron chi connectivity index (χ4n) is 2.98. The molecule has 0 N–H and O–H groups in total. The summed E-state index contributed by atoms with van der Waals surface area (Å²) in [7, 11) is -0.672. The van der Waals surface area contributed by atoms with Crippen molar-refractivity contribution in [1.82, 2.24) is 4.90 Å². The zero-order valence-electron chi connectivity index (χ0n) is 9.98. The predicted molar refractivity (Wildman–Crippen MR) is 65.9 cm³/mol. The Morgan fingerprint density at radius 3 is 2.50 bits per heavy atom. The molecule has 2 aliphatic heterocycles. The highest BCUT2D eigenvalue weighted by Gasteiger charge is 2.36. The molecule has 3 nitrogen and oxygen atoms in total. The van der Waals surface area contributed by atoms with Crippen LogP contribution in [0.1, 0.15) is 39.0 Å². The van der Waals surface area contributed by atoms with E-state index in [1.54, 1.807) is 0 Å². The van der Waals surface area contributed by atoms with Crippen LogP contribution in [-0.2, 0) is 15.6 Å². The van der Waals surface area contributed by atoms with Gasteiger partial charge in [0.25, 0.3) is 0 Å². The Hall–Kier alpha value is -0.220. The first-order valence-corrected chi connectivity index (χ1v) is 7.82. The predicted octanol–water partition coefficient (Wildman–Crippen LogP) is 1.34. The van der Waals surface area contributed by atoms with Gasteiger partial charge in [-0.05, 0) is 12.8 Å².